The highest BCUT2D eigenvalue weighted by Crippen LogP contribution is 2.44. The first-order valence-corrected chi connectivity index (χ1v) is 5.87. The maximum absolute atomic E-state index is 11.8. The Bertz CT molecular complexity index is 340. The van der Waals surface area contributed by atoms with Crippen molar-refractivity contribution in [1.82, 2.24) is 10.2 Å². The fourth-order valence-electron chi connectivity index (χ4n) is 2.05. The second-order valence-corrected chi connectivity index (χ2v) is 5.37. The average Bonchev–Trinajstić information content (AvgIpc) is 2.85. The van der Waals surface area contributed by atoms with Gasteiger partial charge in [-0.25, -0.2) is 9.59 Å². The van der Waals surface area contributed by atoms with Gasteiger partial charge in [0, 0.05) is 19.5 Å². The molecule has 0 radical (unpaired) electrons. The van der Waals surface area contributed by atoms with Crippen LogP contribution >= 0.6 is 0 Å². The summed E-state index contributed by atoms with van der Waals surface area (Å²) in [6, 6.07) is -1.29. The van der Waals surface area contributed by atoms with Gasteiger partial charge in [0.15, 0.2) is 0 Å². The van der Waals surface area contributed by atoms with Crippen molar-refractivity contribution in [1.29, 1.82) is 0 Å². The summed E-state index contributed by atoms with van der Waals surface area (Å²) in [5.74, 6) is -1.06. The Kier molecular flexibility index (Phi) is 2.99. The van der Waals surface area contributed by atoms with Gasteiger partial charge in [-0.3, -0.25) is 0 Å². The number of carbonyl (C=O) groups is 2. The third-order valence-electron chi connectivity index (χ3n) is 3.59. The maximum Gasteiger partial charge on any atom is 0.326 e. The van der Waals surface area contributed by atoms with E-state index in [1.54, 1.807) is 0 Å². The first kappa shape index (κ1) is 12.2. The van der Waals surface area contributed by atoms with Crippen molar-refractivity contribution in [3.63, 3.8) is 0 Å². The van der Waals surface area contributed by atoms with Gasteiger partial charge in [-0.05, 0) is 18.3 Å². The second kappa shape index (κ2) is 4.18. The third-order valence-corrected chi connectivity index (χ3v) is 3.59. The summed E-state index contributed by atoms with van der Waals surface area (Å²) in [7, 11) is 0. The molecule has 0 aromatic rings. The molecule has 17 heavy (non-hydrogen) atoms. The lowest BCUT2D eigenvalue weighted by Gasteiger charge is -2.22. The van der Waals surface area contributed by atoms with Gasteiger partial charge in [0.2, 0.25) is 0 Å². The number of rotatable bonds is 3. The van der Waals surface area contributed by atoms with Gasteiger partial charge in [-0.15, -0.1) is 0 Å². The normalized spacial score (nSPS) is 30.1. The monoisotopic (exact) mass is 242 g/mol. The minimum atomic E-state index is -1.06. The smallest absolute Gasteiger partial charge is 0.326 e. The Hall–Kier alpha value is -1.30. The van der Waals surface area contributed by atoms with Gasteiger partial charge in [0.05, 0.1) is 6.10 Å². The molecule has 2 fully saturated rings. The Morgan fingerprint density at radius 2 is 2.12 bits per heavy atom. The topological polar surface area (TPSA) is 89.9 Å². The number of β-amino-alcohol motifs (C(OH)–C–C–N with tert-alkyl or cyclic N) is 1. The summed E-state index contributed by atoms with van der Waals surface area (Å²) in [4.78, 5) is 24.0. The van der Waals surface area contributed by atoms with E-state index in [-0.39, 0.29) is 24.4 Å². The van der Waals surface area contributed by atoms with E-state index in [9.17, 15) is 14.7 Å². The van der Waals surface area contributed by atoms with Crippen LogP contribution in [0.15, 0.2) is 0 Å². The standard InChI is InChI=1S/C11H18N2O4/c1-11(2-3-11)6-12-10(17)13-5-7(14)4-8(13)9(15)16/h7-8,14H,2-6H2,1H3,(H,12,17)(H,15,16)/t7?,8-/m0/s1. The number of hydrogen-bond donors (Lipinski definition) is 3. The molecule has 2 aliphatic rings. The van der Waals surface area contributed by atoms with Gasteiger partial charge in [-0.1, -0.05) is 6.92 Å². The van der Waals surface area contributed by atoms with Crippen LogP contribution in [0.25, 0.3) is 0 Å². The first-order valence-electron chi connectivity index (χ1n) is 5.87. The highest BCUT2D eigenvalue weighted by atomic mass is 16.4. The number of likely N-dealkylation sites (tertiary alicyclic amines) is 1. The molecule has 1 saturated carbocycles. The zero-order valence-electron chi connectivity index (χ0n) is 9.85. The predicted molar refractivity (Wildman–Crippen MR) is 59.5 cm³/mol. The van der Waals surface area contributed by atoms with Gasteiger partial charge in [-0.2, -0.15) is 0 Å². The summed E-state index contributed by atoms with van der Waals surface area (Å²) in [5.41, 5.74) is 0.187. The van der Waals surface area contributed by atoms with Crippen molar-refractivity contribution in [3.05, 3.63) is 0 Å². The molecule has 1 saturated heterocycles. The molecule has 0 spiro atoms. The number of urea groups is 1. The Labute approximate surface area is 99.6 Å². The van der Waals surface area contributed by atoms with Crippen LogP contribution in [-0.4, -0.2) is 52.3 Å². The van der Waals surface area contributed by atoms with E-state index in [2.05, 4.69) is 12.2 Å². The maximum atomic E-state index is 11.8. The molecule has 2 atom stereocenters. The molecule has 2 rings (SSSR count). The van der Waals surface area contributed by atoms with Crippen molar-refractivity contribution < 1.29 is 19.8 Å². The molecule has 1 aliphatic heterocycles. The molecule has 0 aromatic carbocycles. The zero-order valence-corrected chi connectivity index (χ0v) is 9.85. The summed E-state index contributed by atoms with van der Waals surface area (Å²) in [5, 5.41) is 21.1. The van der Waals surface area contributed by atoms with Crippen LogP contribution in [0.5, 0.6) is 0 Å². The molecule has 1 unspecified atom stereocenters. The minimum absolute atomic E-state index is 0.0967. The molecule has 0 bridgehead atoms. The Morgan fingerprint density at radius 1 is 1.47 bits per heavy atom. The molecular weight excluding hydrogens is 224 g/mol. The number of nitrogens with one attached hydrogen (secondary N) is 1. The van der Waals surface area contributed by atoms with E-state index in [0.717, 1.165) is 12.8 Å². The Balaban J connectivity index is 1.90. The van der Waals surface area contributed by atoms with Crippen molar-refractivity contribution >= 4 is 12.0 Å². The van der Waals surface area contributed by atoms with Crippen LogP contribution in [0.2, 0.25) is 0 Å². The largest absolute Gasteiger partial charge is 0.480 e. The van der Waals surface area contributed by atoms with E-state index in [1.807, 2.05) is 0 Å². The SMILES string of the molecule is CC1(CNC(=O)N2CC(O)C[C@H]2C(=O)O)CC1. The van der Waals surface area contributed by atoms with Crippen LogP contribution in [0.4, 0.5) is 4.79 Å². The highest BCUT2D eigenvalue weighted by molar-refractivity contribution is 5.83. The molecular formula is C11H18N2O4. The number of hydrogen-bond acceptors (Lipinski definition) is 3. The Morgan fingerprint density at radius 3 is 2.65 bits per heavy atom. The van der Waals surface area contributed by atoms with E-state index < -0.39 is 18.1 Å². The van der Waals surface area contributed by atoms with Crippen molar-refractivity contribution in [2.75, 3.05) is 13.1 Å². The van der Waals surface area contributed by atoms with Crippen LogP contribution in [-0.2, 0) is 4.79 Å². The lowest BCUT2D eigenvalue weighted by atomic mass is 10.1. The predicted octanol–water partition coefficient (Wildman–Crippen LogP) is 0.0159. The molecule has 3 N–H and O–H groups in total. The summed E-state index contributed by atoms with van der Waals surface area (Å²) < 4.78 is 0. The van der Waals surface area contributed by atoms with Gasteiger partial charge in [0.25, 0.3) is 0 Å². The fraction of sp³-hybridized carbons (Fsp3) is 0.818. The van der Waals surface area contributed by atoms with Gasteiger partial charge in [0.1, 0.15) is 6.04 Å². The number of aliphatic hydroxyl groups excluding tert-OH is 1. The molecule has 2 amide bonds. The molecule has 6 nitrogen and oxygen atoms in total. The molecule has 6 heteroatoms. The van der Waals surface area contributed by atoms with Gasteiger partial charge >= 0.3 is 12.0 Å². The van der Waals surface area contributed by atoms with Crippen LogP contribution in [0, 0.1) is 5.41 Å². The van der Waals surface area contributed by atoms with Crippen LogP contribution in [0.3, 0.4) is 0 Å². The number of amides is 2. The first-order chi connectivity index (χ1) is 7.91. The third kappa shape index (κ3) is 2.69. The number of aliphatic hydroxyl groups is 1. The average molecular weight is 242 g/mol. The van der Waals surface area contributed by atoms with E-state index in [0.29, 0.717) is 6.54 Å². The number of carboxylic acid groups (broad SMARTS) is 1. The quantitative estimate of drug-likeness (QED) is 0.650. The highest BCUT2D eigenvalue weighted by Gasteiger charge is 2.41. The number of carbonyl (C=O) groups excluding carboxylic acids is 1. The molecule has 1 heterocycles. The van der Waals surface area contributed by atoms with Gasteiger partial charge < -0.3 is 20.4 Å². The number of carboxylic acids is 1. The number of nitrogens with zero attached hydrogens (tertiary/aromatic N) is 1. The zero-order chi connectivity index (χ0) is 12.6. The summed E-state index contributed by atoms with van der Waals surface area (Å²) >= 11 is 0. The van der Waals surface area contributed by atoms with E-state index in [4.69, 9.17) is 5.11 Å². The van der Waals surface area contributed by atoms with E-state index in [1.165, 1.54) is 4.90 Å². The fourth-order valence-corrected chi connectivity index (χ4v) is 2.05. The number of aliphatic carboxylic acids is 1. The molecule has 0 aromatic heterocycles. The van der Waals surface area contributed by atoms with Crippen molar-refractivity contribution in [2.24, 2.45) is 5.41 Å². The lowest BCUT2D eigenvalue weighted by Crippen LogP contribution is -2.47. The summed E-state index contributed by atoms with van der Waals surface area (Å²) in [6.45, 7) is 2.76. The van der Waals surface area contributed by atoms with Crippen molar-refractivity contribution in [3.8, 4) is 0 Å². The van der Waals surface area contributed by atoms with E-state index >= 15 is 0 Å². The lowest BCUT2D eigenvalue weighted by molar-refractivity contribution is -0.141. The van der Waals surface area contributed by atoms with Crippen LogP contribution in [0.1, 0.15) is 26.2 Å². The van der Waals surface area contributed by atoms with Crippen LogP contribution < -0.4 is 5.32 Å². The molecule has 1 aliphatic carbocycles. The summed E-state index contributed by atoms with van der Waals surface area (Å²) in [6.07, 6.45) is 1.56. The van der Waals surface area contributed by atoms with Crippen molar-refractivity contribution in [2.45, 2.75) is 38.3 Å². The second-order valence-electron chi connectivity index (χ2n) is 5.37. The minimum Gasteiger partial charge on any atom is -0.480 e. The molecule has 96 valence electrons.